The number of pyridine rings is 1. The van der Waals surface area contributed by atoms with Crippen molar-refractivity contribution in [2.24, 2.45) is 0 Å². The van der Waals surface area contributed by atoms with E-state index in [-0.39, 0.29) is 16.2 Å². The van der Waals surface area contributed by atoms with Crippen molar-refractivity contribution in [2.75, 3.05) is 4.72 Å². The molecule has 1 aromatic heterocycles. The molecule has 0 amide bonds. The van der Waals surface area contributed by atoms with Gasteiger partial charge in [0.05, 0.1) is 4.90 Å². The van der Waals surface area contributed by atoms with Gasteiger partial charge < -0.3 is 4.98 Å². The van der Waals surface area contributed by atoms with Crippen LogP contribution in [0.25, 0.3) is 10.9 Å². The number of rotatable bonds is 5. The first kappa shape index (κ1) is 18.2. The zero-order valence-corrected chi connectivity index (χ0v) is 15.9. The molecule has 0 spiro atoms. The number of hydrogen-bond acceptors (Lipinski definition) is 3. The van der Waals surface area contributed by atoms with E-state index in [0.29, 0.717) is 16.6 Å². The first-order chi connectivity index (χ1) is 12.3. The molecule has 136 valence electrons. The number of aromatic amines is 1. The standard InChI is InChI=1S/C20H22N2O3S/c1-4-15-12-20(23)18-11-16(8-9-19(18)21-15)22-26(24,25)17-7-5-6-14(10-17)13(2)3/h5-13,22H,4H2,1-3H3,(H,21,23). The lowest BCUT2D eigenvalue weighted by atomic mass is 10.0. The van der Waals surface area contributed by atoms with Crippen LogP contribution in [0, 0.1) is 0 Å². The van der Waals surface area contributed by atoms with Crippen molar-refractivity contribution in [1.29, 1.82) is 0 Å². The van der Waals surface area contributed by atoms with E-state index in [9.17, 15) is 13.2 Å². The molecule has 0 fully saturated rings. The van der Waals surface area contributed by atoms with Gasteiger partial charge in [0.25, 0.3) is 10.0 Å². The van der Waals surface area contributed by atoms with Gasteiger partial charge >= 0.3 is 0 Å². The predicted octanol–water partition coefficient (Wildman–Crippen LogP) is 4.01. The number of H-pyrrole nitrogens is 1. The Balaban J connectivity index is 1.98. The highest BCUT2D eigenvalue weighted by atomic mass is 32.2. The van der Waals surface area contributed by atoms with Crippen LogP contribution in [0.2, 0.25) is 0 Å². The minimum Gasteiger partial charge on any atom is -0.358 e. The summed E-state index contributed by atoms with van der Waals surface area (Å²) in [6.07, 6.45) is 0.728. The third-order valence-electron chi connectivity index (χ3n) is 4.35. The maximum absolute atomic E-state index is 12.7. The van der Waals surface area contributed by atoms with E-state index in [1.54, 1.807) is 42.5 Å². The summed E-state index contributed by atoms with van der Waals surface area (Å²) in [6.45, 7) is 5.99. The lowest BCUT2D eigenvalue weighted by Gasteiger charge is -2.11. The van der Waals surface area contributed by atoms with E-state index >= 15 is 0 Å². The number of aryl methyl sites for hydroxylation is 1. The molecule has 0 atom stereocenters. The molecular weight excluding hydrogens is 348 g/mol. The number of anilines is 1. The average molecular weight is 370 g/mol. The Kier molecular flexibility index (Phi) is 4.87. The van der Waals surface area contributed by atoms with Crippen LogP contribution < -0.4 is 10.2 Å². The second-order valence-corrected chi connectivity index (χ2v) is 8.29. The first-order valence-electron chi connectivity index (χ1n) is 8.59. The Bertz CT molecular complexity index is 1120. The summed E-state index contributed by atoms with van der Waals surface area (Å²) in [5.41, 5.74) is 2.73. The third-order valence-corrected chi connectivity index (χ3v) is 5.73. The molecule has 3 rings (SSSR count). The number of fused-ring (bicyclic) bond motifs is 1. The van der Waals surface area contributed by atoms with E-state index < -0.39 is 10.0 Å². The molecule has 0 aliphatic rings. The molecule has 2 N–H and O–H groups in total. The molecule has 0 aliphatic carbocycles. The minimum absolute atomic E-state index is 0.126. The summed E-state index contributed by atoms with van der Waals surface area (Å²) in [4.78, 5) is 15.7. The normalized spacial score (nSPS) is 11.8. The monoisotopic (exact) mass is 370 g/mol. The van der Waals surface area contributed by atoms with Gasteiger partial charge in [0.1, 0.15) is 0 Å². The van der Waals surface area contributed by atoms with Crippen LogP contribution in [0.4, 0.5) is 5.69 Å². The van der Waals surface area contributed by atoms with Crippen molar-refractivity contribution in [3.8, 4) is 0 Å². The maximum atomic E-state index is 12.7. The average Bonchev–Trinajstić information content (AvgIpc) is 2.61. The Morgan fingerprint density at radius 3 is 2.54 bits per heavy atom. The van der Waals surface area contributed by atoms with Crippen LogP contribution in [-0.4, -0.2) is 13.4 Å². The zero-order chi connectivity index (χ0) is 18.9. The van der Waals surface area contributed by atoms with E-state index in [1.165, 1.54) is 0 Å². The van der Waals surface area contributed by atoms with Gasteiger partial charge in [0.15, 0.2) is 5.43 Å². The van der Waals surface area contributed by atoms with Gasteiger partial charge in [-0.15, -0.1) is 0 Å². The van der Waals surface area contributed by atoms with Crippen molar-refractivity contribution < 1.29 is 8.42 Å². The Morgan fingerprint density at radius 1 is 1.08 bits per heavy atom. The van der Waals surface area contributed by atoms with Crippen LogP contribution in [-0.2, 0) is 16.4 Å². The second kappa shape index (κ2) is 6.96. The highest BCUT2D eigenvalue weighted by Gasteiger charge is 2.16. The summed E-state index contributed by atoms with van der Waals surface area (Å²) in [6, 6.07) is 13.4. The van der Waals surface area contributed by atoms with Crippen LogP contribution in [0.15, 0.2) is 58.2 Å². The van der Waals surface area contributed by atoms with Crippen molar-refractivity contribution in [3.63, 3.8) is 0 Å². The Labute approximate surface area is 153 Å². The maximum Gasteiger partial charge on any atom is 0.261 e. The van der Waals surface area contributed by atoms with Gasteiger partial charge in [-0.2, -0.15) is 0 Å². The van der Waals surface area contributed by atoms with Gasteiger partial charge in [-0.3, -0.25) is 9.52 Å². The number of aromatic nitrogens is 1. The molecular formula is C20H22N2O3S. The fourth-order valence-corrected chi connectivity index (χ4v) is 3.92. The second-order valence-electron chi connectivity index (χ2n) is 6.61. The first-order valence-corrected chi connectivity index (χ1v) is 10.1. The molecule has 1 heterocycles. The quantitative estimate of drug-likeness (QED) is 0.712. The summed E-state index contributed by atoms with van der Waals surface area (Å²) < 4.78 is 28.0. The van der Waals surface area contributed by atoms with Crippen molar-refractivity contribution in [1.82, 2.24) is 4.98 Å². The van der Waals surface area contributed by atoms with Gasteiger partial charge in [-0.25, -0.2) is 8.42 Å². The largest absolute Gasteiger partial charge is 0.358 e. The van der Waals surface area contributed by atoms with Gasteiger partial charge in [-0.05, 0) is 48.2 Å². The van der Waals surface area contributed by atoms with Gasteiger partial charge in [-0.1, -0.05) is 32.9 Å². The van der Waals surface area contributed by atoms with Crippen molar-refractivity contribution in [3.05, 3.63) is 70.0 Å². The molecule has 0 saturated heterocycles. The molecule has 6 heteroatoms. The van der Waals surface area contributed by atoms with Crippen LogP contribution in [0.3, 0.4) is 0 Å². The van der Waals surface area contributed by atoms with Crippen LogP contribution >= 0.6 is 0 Å². The predicted molar refractivity (Wildman–Crippen MR) is 105 cm³/mol. The number of hydrogen-bond donors (Lipinski definition) is 2. The fourth-order valence-electron chi connectivity index (χ4n) is 2.81. The minimum atomic E-state index is -3.73. The van der Waals surface area contributed by atoms with E-state index in [0.717, 1.165) is 17.7 Å². The van der Waals surface area contributed by atoms with Gasteiger partial charge in [0.2, 0.25) is 0 Å². The molecule has 0 bridgehead atoms. The summed E-state index contributed by atoms with van der Waals surface area (Å²) >= 11 is 0. The molecule has 3 aromatic rings. The number of sulfonamides is 1. The number of benzene rings is 2. The lowest BCUT2D eigenvalue weighted by molar-refractivity contribution is 0.601. The van der Waals surface area contributed by atoms with Crippen molar-refractivity contribution in [2.45, 2.75) is 38.0 Å². The molecule has 0 saturated carbocycles. The fraction of sp³-hybridized carbons (Fsp3) is 0.250. The molecule has 0 radical (unpaired) electrons. The molecule has 0 unspecified atom stereocenters. The van der Waals surface area contributed by atoms with Crippen LogP contribution in [0.1, 0.15) is 37.9 Å². The Hall–Kier alpha value is -2.60. The summed E-state index contributed by atoms with van der Waals surface area (Å²) in [5, 5.41) is 0.457. The molecule has 2 aromatic carbocycles. The van der Waals surface area contributed by atoms with Crippen molar-refractivity contribution >= 4 is 26.6 Å². The highest BCUT2D eigenvalue weighted by Crippen LogP contribution is 2.22. The smallest absolute Gasteiger partial charge is 0.261 e. The Morgan fingerprint density at radius 2 is 1.85 bits per heavy atom. The molecule has 26 heavy (non-hydrogen) atoms. The number of nitrogens with one attached hydrogen (secondary N) is 2. The van der Waals surface area contributed by atoms with Gasteiger partial charge in [0, 0.05) is 28.4 Å². The lowest BCUT2D eigenvalue weighted by Crippen LogP contribution is -2.14. The molecule has 5 nitrogen and oxygen atoms in total. The topological polar surface area (TPSA) is 79.0 Å². The summed E-state index contributed by atoms with van der Waals surface area (Å²) in [7, 11) is -3.73. The molecule has 0 aliphatic heterocycles. The van der Waals surface area contributed by atoms with Crippen LogP contribution in [0.5, 0.6) is 0 Å². The SMILES string of the molecule is CCc1cc(=O)c2cc(NS(=O)(=O)c3cccc(C(C)C)c3)ccc2[nH]1. The highest BCUT2D eigenvalue weighted by molar-refractivity contribution is 7.92. The van der Waals surface area contributed by atoms with E-state index in [2.05, 4.69) is 9.71 Å². The third kappa shape index (κ3) is 3.65. The summed E-state index contributed by atoms with van der Waals surface area (Å²) in [5.74, 6) is 0.233. The van der Waals surface area contributed by atoms with E-state index in [1.807, 2.05) is 26.8 Å². The zero-order valence-electron chi connectivity index (χ0n) is 15.0. The van der Waals surface area contributed by atoms with E-state index in [4.69, 9.17) is 0 Å².